The van der Waals surface area contributed by atoms with E-state index in [0.717, 1.165) is 0 Å². The summed E-state index contributed by atoms with van der Waals surface area (Å²) in [7, 11) is -4.02. The lowest BCUT2D eigenvalue weighted by Crippen LogP contribution is -2.35. The molecule has 0 radical (unpaired) electrons. The Morgan fingerprint density at radius 1 is 1.35 bits per heavy atom. The Morgan fingerprint density at radius 2 is 2.00 bits per heavy atom. The molecule has 0 aliphatic rings. The van der Waals surface area contributed by atoms with Gasteiger partial charge in [-0.2, -0.15) is 8.42 Å². The summed E-state index contributed by atoms with van der Waals surface area (Å²) in [5.41, 5.74) is 6.24. The second-order valence-electron chi connectivity index (χ2n) is 3.51. The molecular formula is C12H15N3O4S. The highest BCUT2D eigenvalue weighted by atomic mass is 32.2. The van der Waals surface area contributed by atoms with Crippen molar-refractivity contribution in [1.82, 2.24) is 4.72 Å². The number of anilines is 1. The van der Waals surface area contributed by atoms with Gasteiger partial charge in [0.15, 0.2) is 0 Å². The lowest BCUT2D eigenvalue weighted by Gasteiger charge is -2.09. The normalized spacial score (nSPS) is 10.1. The average molecular weight is 297 g/mol. The van der Waals surface area contributed by atoms with Gasteiger partial charge in [-0.1, -0.05) is 11.8 Å². The van der Waals surface area contributed by atoms with Gasteiger partial charge in [0.1, 0.15) is 0 Å². The van der Waals surface area contributed by atoms with Gasteiger partial charge in [0.05, 0.1) is 18.8 Å². The van der Waals surface area contributed by atoms with Crippen molar-refractivity contribution < 1.29 is 17.9 Å². The molecule has 0 spiro atoms. The predicted molar refractivity (Wildman–Crippen MR) is 75.1 cm³/mol. The minimum atomic E-state index is -4.02. The van der Waals surface area contributed by atoms with Crippen molar-refractivity contribution in [3.63, 3.8) is 0 Å². The Morgan fingerprint density at radius 3 is 2.55 bits per heavy atom. The molecule has 108 valence electrons. The van der Waals surface area contributed by atoms with Crippen LogP contribution in [-0.2, 0) is 14.9 Å². The zero-order valence-corrected chi connectivity index (χ0v) is 11.7. The molecule has 0 saturated heterocycles. The number of benzene rings is 1. The van der Waals surface area contributed by atoms with Gasteiger partial charge >= 0.3 is 16.3 Å². The van der Waals surface area contributed by atoms with Gasteiger partial charge in [-0.25, -0.2) is 9.52 Å². The molecule has 0 bridgehead atoms. The first-order chi connectivity index (χ1) is 9.46. The lowest BCUT2D eigenvalue weighted by molar-refractivity contribution is 0.159. The summed E-state index contributed by atoms with van der Waals surface area (Å²) in [6.07, 6.45) is -1.04. The summed E-state index contributed by atoms with van der Waals surface area (Å²) in [4.78, 5) is 11.0. The van der Waals surface area contributed by atoms with E-state index >= 15 is 0 Å². The van der Waals surface area contributed by atoms with Crippen LogP contribution in [-0.4, -0.2) is 27.7 Å². The van der Waals surface area contributed by atoms with Crippen LogP contribution in [0.3, 0.4) is 0 Å². The second kappa shape index (κ2) is 7.37. The zero-order chi connectivity index (χ0) is 15.0. The summed E-state index contributed by atoms with van der Waals surface area (Å²) in [6, 6.07) is 6.30. The predicted octanol–water partition coefficient (Wildman–Crippen LogP) is 0.400. The van der Waals surface area contributed by atoms with Crippen LogP contribution >= 0.6 is 0 Å². The van der Waals surface area contributed by atoms with Crippen LogP contribution in [0.25, 0.3) is 0 Å². The summed E-state index contributed by atoms with van der Waals surface area (Å²) >= 11 is 0. The van der Waals surface area contributed by atoms with Gasteiger partial charge in [-0.3, -0.25) is 4.72 Å². The molecule has 7 nitrogen and oxygen atoms in total. The van der Waals surface area contributed by atoms with Crippen molar-refractivity contribution in [2.45, 2.75) is 6.92 Å². The molecule has 0 saturated carbocycles. The number of hydrogen-bond donors (Lipinski definition) is 3. The third-order valence-electron chi connectivity index (χ3n) is 1.97. The molecule has 4 N–H and O–H groups in total. The summed E-state index contributed by atoms with van der Waals surface area (Å²) < 4.78 is 31.5. The van der Waals surface area contributed by atoms with E-state index in [1.54, 1.807) is 23.8 Å². The van der Waals surface area contributed by atoms with Crippen molar-refractivity contribution in [2.75, 3.05) is 17.9 Å². The first-order valence-corrected chi connectivity index (χ1v) is 7.21. The first kappa shape index (κ1) is 15.8. The summed E-state index contributed by atoms with van der Waals surface area (Å²) in [5.74, 6) is 5.48. The monoisotopic (exact) mass is 297 g/mol. The van der Waals surface area contributed by atoms with E-state index in [4.69, 9.17) is 5.73 Å². The Kier molecular flexibility index (Phi) is 5.83. The number of ether oxygens (including phenoxy) is 1. The fraction of sp³-hybridized carbons (Fsp3) is 0.250. The number of amides is 1. The number of nitrogens with two attached hydrogens (primary N) is 1. The summed E-state index contributed by atoms with van der Waals surface area (Å²) in [6.45, 7) is 1.90. The van der Waals surface area contributed by atoms with E-state index in [-0.39, 0.29) is 13.2 Å². The smallest absolute Gasteiger partial charge is 0.422 e. The highest BCUT2D eigenvalue weighted by Crippen LogP contribution is 2.10. The van der Waals surface area contributed by atoms with Crippen LogP contribution in [0, 0.1) is 11.8 Å². The molecule has 1 aromatic carbocycles. The first-order valence-electron chi connectivity index (χ1n) is 5.73. The van der Waals surface area contributed by atoms with Gasteiger partial charge in [0, 0.05) is 5.56 Å². The molecule has 0 fully saturated rings. The molecular weight excluding hydrogens is 282 g/mol. The van der Waals surface area contributed by atoms with E-state index in [9.17, 15) is 13.2 Å². The largest absolute Gasteiger partial charge is 0.449 e. The standard InChI is InChI=1S/C12H15N3O4S/c1-2-19-12(16)15-20(17,18)14-11-7-5-10(6-8-11)4-3-9-13/h5-8,14H,2,9,13H2,1H3,(H,15,16). The molecule has 1 amide bonds. The molecule has 1 aromatic rings. The van der Waals surface area contributed by atoms with Crippen LogP contribution in [0.4, 0.5) is 10.5 Å². The molecule has 0 unspecified atom stereocenters. The SMILES string of the molecule is CCOC(=O)NS(=O)(=O)Nc1ccc(C#CCN)cc1. The molecule has 1 rings (SSSR count). The highest BCUT2D eigenvalue weighted by Gasteiger charge is 2.14. The minimum absolute atomic E-state index is 0.0792. The van der Waals surface area contributed by atoms with E-state index in [2.05, 4.69) is 21.3 Å². The van der Waals surface area contributed by atoms with Crippen LogP contribution in [0.15, 0.2) is 24.3 Å². The average Bonchev–Trinajstić information content (AvgIpc) is 2.37. The van der Waals surface area contributed by atoms with Gasteiger partial charge in [0.25, 0.3) is 0 Å². The van der Waals surface area contributed by atoms with Gasteiger partial charge < -0.3 is 10.5 Å². The van der Waals surface area contributed by atoms with Crippen LogP contribution in [0.2, 0.25) is 0 Å². The molecule has 20 heavy (non-hydrogen) atoms. The fourth-order valence-electron chi connectivity index (χ4n) is 1.23. The Balaban J connectivity index is 2.70. The maximum atomic E-state index is 11.6. The van der Waals surface area contributed by atoms with E-state index < -0.39 is 16.3 Å². The van der Waals surface area contributed by atoms with E-state index in [1.807, 2.05) is 0 Å². The fourth-order valence-corrected chi connectivity index (χ4v) is 2.00. The molecule has 0 aliphatic carbocycles. The topological polar surface area (TPSA) is 111 Å². The third-order valence-corrected chi connectivity index (χ3v) is 2.90. The number of nitrogens with one attached hydrogen (secondary N) is 2. The van der Waals surface area contributed by atoms with E-state index in [0.29, 0.717) is 11.3 Å². The van der Waals surface area contributed by atoms with Crippen molar-refractivity contribution in [3.8, 4) is 11.8 Å². The minimum Gasteiger partial charge on any atom is -0.449 e. The van der Waals surface area contributed by atoms with E-state index in [1.165, 1.54) is 12.1 Å². The maximum Gasteiger partial charge on any atom is 0.422 e. The molecule has 0 aliphatic heterocycles. The number of carbonyl (C=O) groups is 1. The maximum absolute atomic E-state index is 11.6. The molecule has 0 heterocycles. The Labute approximate surface area is 117 Å². The zero-order valence-electron chi connectivity index (χ0n) is 10.8. The molecule has 8 heteroatoms. The van der Waals surface area contributed by atoms with Gasteiger partial charge in [-0.05, 0) is 31.2 Å². The Bertz CT molecular complexity index is 614. The second-order valence-corrected chi connectivity index (χ2v) is 4.93. The van der Waals surface area contributed by atoms with Crippen molar-refractivity contribution in [3.05, 3.63) is 29.8 Å². The number of rotatable bonds is 4. The van der Waals surface area contributed by atoms with Crippen LogP contribution in [0.1, 0.15) is 12.5 Å². The van der Waals surface area contributed by atoms with Crippen LogP contribution in [0.5, 0.6) is 0 Å². The quantitative estimate of drug-likeness (QED) is 0.697. The third kappa shape index (κ3) is 5.60. The summed E-state index contributed by atoms with van der Waals surface area (Å²) in [5, 5.41) is 0. The number of carbonyl (C=O) groups excluding carboxylic acids is 1. The molecule has 0 aromatic heterocycles. The Hall–Kier alpha value is -2.24. The van der Waals surface area contributed by atoms with Gasteiger partial charge in [0.2, 0.25) is 0 Å². The highest BCUT2D eigenvalue weighted by molar-refractivity contribution is 7.91. The van der Waals surface area contributed by atoms with Crippen molar-refractivity contribution in [1.29, 1.82) is 0 Å². The molecule has 0 atom stereocenters. The van der Waals surface area contributed by atoms with Gasteiger partial charge in [-0.15, -0.1) is 0 Å². The number of hydrogen-bond acceptors (Lipinski definition) is 5. The van der Waals surface area contributed by atoms with Crippen molar-refractivity contribution >= 4 is 22.0 Å². The lowest BCUT2D eigenvalue weighted by atomic mass is 10.2. The van der Waals surface area contributed by atoms with Crippen LogP contribution < -0.4 is 15.2 Å². The van der Waals surface area contributed by atoms with Crippen molar-refractivity contribution in [2.24, 2.45) is 5.73 Å².